The van der Waals surface area contributed by atoms with Gasteiger partial charge >= 0.3 is 5.69 Å². The molecule has 0 atom stereocenters. The van der Waals surface area contributed by atoms with Crippen LogP contribution < -0.4 is 9.64 Å². The molecule has 33 heavy (non-hydrogen) atoms. The average molecular weight is 456 g/mol. The molecule has 0 saturated carbocycles. The SMILES string of the molecule is COc1cc(/C(O)=C(\C#N)C(=O)N(C)Cc2ccc(N3CCC3)cc2F)cc([N+](=O)[O-])c1O. The van der Waals surface area contributed by atoms with Crippen LogP contribution in [0, 0.1) is 27.3 Å². The highest BCUT2D eigenvalue weighted by atomic mass is 19.1. The minimum Gasteiger partial charge on any atom is -0.506 e. The molecule has 172 valence electrons. The summed E-state index contributed by atoms with van der Waals surface area (Å²) in [6.07, 6.45) is 1.05. The number of nitro benzene ring substituents is 1. The third-order valence-electron chi connectivity index (χ3n) is 5.32. The number of hydrogen-bond donors (Lipinski definition) is 2. The van der Waals surface area contributed by atoms with Crippen molar-refractivity contribution in [2.45, 2.75) is 13.0 Å². The fourth-order valence-corrected chi connectivity index (χ4v) is 3.32. The molecule has 1 saturated heterocycles. The van der Waals surface area contributed by atoms with Gasteiger partial charge in [0, 0.05) is 49.6 Å². The molecule has 1 fully saturated rings. The van der Waals surface area contributed by atoms with E-state index in [9.17, 15) is 34.8 Å². The van der Waals surface area contributed by atoms with Crippen molar-refractivity contribution in [1.29, 1.82) is 5.26 Å². The van der Waals surface area contributed by atoms with Crippen LogP contribution in [-0.2, 0) is 11.3 Å². The molecule has 0 spiro atoms. The molecular weight excluding hydrogens is 435 g/mol. The van der Waals surface area contributed by atoms with Crippen molar-refractivity contribution in [2.75, 3.05) is 32.1 Å². The standard InChI is InChI=1S/C22H21FN4O6/c1-25(12-13-4-5-15(10-17(13)23)26-6-3-7-26)22(30)16(11-24)20(28)14-8-18(27(31)32)21(29)19(9-14)33-2/h4-5,8-10,28-29H,3,6-7,12H2,1-2H3/b20-16-. The Bertz CT molecular complexity index is 1190. The van der Waals surface area contributed by atoms with Crippen LogP contribution in [0.2, 0.25) is 0 Å². The maximum atomic E-state index is 14.6. The first-order chi connectivity index (χ1) is 15.7. The number of phenolic OH excluding ortho intramolecular Hbond substituents is 1. The second kappa shape index (κ2) is 9.44. The van der Waals surface area contributed by atoms with E-state index in [-0.39, 0.29) is 23.4 Å². The number of carbonyl (C=O) groups excluding carboxylic acids is 1. The number of aliphatic hydroxyl groups excluding tert-OH is 1. The van der Waals surface area contributed by atoms with Crippen molar-refractivity contribution in [1.82, 2.24) is 4.90 Å². The molecule has 1 aliphatic rings. The van der Waals surface area contributed by atoms with Gasteiger partial charge in [0.1, 0.15) is 17.6 Å². The molecule has 10 nitrogen and oxygen atoms in total. The van der Waals surface area contributed by atoms with E-state index in [1.807, 2.05) is 4.90 Å². The lowest BCUT2D eigenvalue weighted by atomic mass is 10.1. The Morgan fingerprint density at radius 1 is 1.36 bits per heavy atom. The number of phenols is 1. The third-order valence-corrected chi connectivity index (χ3v) is 5.32. The number of anilines is 1. The van der Waals surface area contributed by atoms with Crippen LogP contribution in [0.15, 0.2) is 35.9 Å². The van der Waals surface area contributed by atoms with Gasteiger partial charge in [-0.3, -0.25) is 14.9 Å². The van der Waals surface area contributed by atoms with E-state index in [2.05, 4.69) is 0 Å². The molecule has 0 unspecified atom stereocenters. The molecule has 1 aliphatic heterocycles. The Balaban J connectivity index is 1.89. The number of methoxy groups -OCH3 is 1. The predicted octanol–water partition coefficient (Wildman–Crippen LogP) is 3.11. The monoisotopic (exact) mass is 456 g/mol. The average Bonchev–Trinajstić information content (AvgIpc) is 2.74. The normalized spacial score (nSPS) is 13.5. The number of aliphatic hydroxyl groups is 1. The minimum atomic E-state index is -0.920. The summed E-state index contributed by atoms with van der Waals surface area (Å²) in [6.45, 7) is 1.53. The maximum absolute atomic E-state index is 14.6. The van der Waals surface area contributed by atoms with Gasteiger partial charge in [0.2, 0.25) is 5.75 Å². The number of hydrogen-bond acceptors (Lipinski definition) is 8. The molecule has 3 rings (SSSR count). The molecule has 1 heterocycles. The van der Waals surface area contributed by atoms with Crippen LogP contribution in [-0.4, -0.2) is 53.2 Å². The van der Waals surface area contributed by atoms with E-state index in [0.29, 0.717) is 0 Å². The second-order valence-electron chi connectivity index (χ2n) is 7.42. The van der Waals surface area contributed by atoms with Crippen molar-refractivity contribution in [3.05, 3.63) is 63.0 Å². The summed E-state index contributed by atoms with van der Waals surface area (Å²) < 4.78 is 19.4. The number of amides is 1. The minimum absolute atomic E-state index is 0.178. The molecule has 2 aromatic carbocycles. The number of nitriles is 1. The lowest BCUT2D eigenvalue weighted by Crippen LogP contribution is -2.37. The summed E-state index contributed by atoms with van der Waals surface area (Å²) in [6, 6.07) is 8.13. The first-order valence-electron chi connectivity index (χ1n) is 9.85. The van der Waals surface area contributed by atoms with Crippen molar-refractivity contribution in [3.8, 4) is 17.6 Å². The van der Waals surface area contributed by atoms with Crippen LogP contribution in [0.1, 0.15) is 17.5 Å². The van der Waals surface area contributed by atoms with Crippen molar-refractivity contribution >= 4 is 23.0 Å². The number of benzene rings is 2. The van der Waals surface area contributed by atoms with E-state index in [1.165, 1.54) is 13.1 Å². The van der Waals surface area contributed by atoms with E-state index in [4.69, 9.17) is 4.74 Å². The van der Waals surface area contributed by atoms with Gasteiger partial charge in [-0.05, 0) is 24.6 Å². The first-order valence-corrected chi connectivity index (χ1v) is 9.85. The Labute approximate surface area is 188 Å². The van der Waals surface area contributed by atoms with E-state index < -0.39 is 39.4 Å². The number of likely N-dealkylation sites (N-methyl/N-ethyl adjacent to an activating group) is 1. The van der Waals surface area contributed by atoms with Gasteiger partial charge in [-0.1, -0.05) is 6.07 Å². The van der Waals surface area contributed by atoms with Crippen LogP contribution in [0.25, 0.3) is 5.76 Å². The van der Waals surface area contributed by atoms with Crippen molar-refractivity contribution in [2.24, 2.45) is 0 Å². The summed E-state index contributed by atoms with van der Waals surface area (Å²) in [5, 5.41) is 41.1. The van der Waals surface area contributed by atoms with Crippen molar-refractivity contribution < 1.29 is 29.1 Å². The summed E-state index contributed by atoms with van der Waals surface area (Å²) in [5.74, 6) is -3.36. The highest BCUT2D eigenvalue weighted by molar-refractivity contribution is 6.03. The van der Waals surface area contributed by atoms with Gasteiger partial charge in [0.15, 0.2) is 11.3 Å². The fraction of sp³-hybridized carbons (Fsp3) is 0.273. The number of aromatic hydroxyl groups is 1. The number of rotatable bonds is 7. The van der Waals surface area contributed by atoms with Gasteiger partial charge in [-0.15, -0.1) is 0 Å². The predicted molar refractivity (Wildman–Crippen MR) is 116 cm³/mol. The zero-order chi connectivity index (χ0) is 24.3. The van der Waals surface area contributed by atoms with Gasteiger partial charge in [-0.2, -0.15) is 5.26 Å². The van der Waals surface area contributed by atoms with Gasteiger partial charge in [-0.25, -0.2) is 4.39 Å². The van der Waals surface area contributed by atoms with Gasteiger partial charge in [0.05, 0.1) is 12.0 Å². The molecule has 1 amide bonds. The second-order valence-corrected chi connectivity index (χ2v) is 7.42. The van der Waals surface area contributed by atoms with Crippen LogP contribution in [0.3, 0.4) is 0 Å². The highest BCUT2D eigenvalue weighted by Gasteiger charge is 2.26. The van der Waals surface area contributed by atoms with Crippen LogP contribution in [0.5, 0.6) is 11.5 Å². The molecule has 0 bridgehead atoms. The number of carbonyl (C=O) groups is 1. The molecule has 0 radical (unpaired) electrons. The fourth-order valence-electron chi connectivity index (χ4n) is 3.32. The molecule has 0 aromatic heterocycles. The molecule has 0 aliphatic carbocycles. The molecule has 2 N–H and O–H groups in total. The zero-order valence-corrected chi connectivity index (χ0v) is 17.9. The largest absolute Gasteiger partial charge is 0.506 e. The Kier molecular flexibility index (Phi) is 6.67. The smallest absolute Gasteiger partial charge is 0.315 e. The van der Waals surface area contributed by atoms with Crippen LogP contribution >= 0.6 is 0 Å². The molecule has 2 aromatic rings. The topological polar surface area (TPSA) is 140 Å². The Hall–Kier alpha value is -4.33. The lowest BCUT2D eigenvalue weighted by molar-refractivity contribution is -0.386. The first kappa shape index (κ1) is 23.3. The van der Waals surface area contributed by atoms with Gasteiger partial charge in [0.25, 0.3) is 5.91 Å². The number of halogens is 1. The third kappa shape index (κ3) is 4.64. The van der Waals surface area contributed by atoms with E-state index in [1.54, 1.807) is 18.2 Å². The van der Waals surface area contributed by atoms with E-state index in [0.717, 1.165) is 49.3 Å². The van der Waals surface area contributed by atoms with Crippen LogP contribution in [0.4, 0.5) is 15.8 Å². The quantitative estimate of drug-likeness (QED) is 0.213. The summed E-state index contributed by atoms with van der Waals surface area (Å²) >= 11 is 0. The molecule has 11 heteroatoms. The van der Waals surface area contributed by atoms with Gasteiger partial charge < -0.3 is 24.7 Å². The number of nitro groups is 1. The van der Waals surface area contributed by atoms with E-state index >= 15 is 0 Å². The Morgan fingerprint density at radius 2 is 2.06 bits per heavy atom. The zero-order valence-electron chi connectivity index (χ0n) is 17.9. The Morgan fingerprint density at radius 3 is 2.58 bits per heavy atom. The number of ether oxygens (including phenoxy) is 1. The highest BCUT2D eigenvalue weighted by Crippen LogP contribution is 2.39. The summed E-state index contributed by atoms with van der Waals surface area (Å²) in [4.78, 5) is 26.2. The van der Waals surface area contributed by atoms with Crippen molar-refractivity contribution in [3.63, 3.8) is 0 Å². The number of nitrogens with zero attached hydrogens (tertiary/aromatic N) is 4. The maximum Gasteiger partial charge on any atom is 0.315 e. The summed E-state index contributed by atoms with van der Waals surface area (Å²) in [5.41, 5.74) is -0.807. The summed E-state index contributed by atoms with van der Waals surface area (Å²) in [7, 11) is 2.48. The molecular formula is C22H21FN4O6. The lowest BCUT2D eigenvalue weighted by Gasteiger charge is -2.33.